The molecule has 4 heteroatoms. The summed E-state index contributed by atoms with van der Waals surface area (Å²) in [6, 6.07) is 11.2. The monoisotopic (exact) mass is 282 g/mol. The molecule has 0 bridgehead atoms. The first-order chi connectivity index (χ1) is 10.1. The van der Waals surface area contributed by atoms with Crippen LogP contribution in [-0.4, -0.2) is 27.5 Å². The summed E-state index contributed by atoms with van der Waals surface area (Å²) in [7, 11) is 0. The minimum Gasteiger partial charge on any atom is -0.480 e. The maximum atomic E-state index is 11.7. The van der Waals surface area contributed by atoms with E-state index in [1.807, 2.05) is 54.4 Å². The van der Waals surface area contributed by atoms with E-state index in [-0.39, 0.29) is 0 Å². The SMILES string of the molecule is Cc1ccc(CN2CCc3ccccc3C2C(=O)O)nc1. The molecule has 0 radical (unpaired) electrons. The van der Waals surface area contributed by atoms with Crippen molar-refractivity contribution in [1.29, 1.82) is 0 Å². The lowest BCUT2D eigenvalue weighted by Gasteiger charge is -2.34. The summed E-state index contributed by atoms with van der Waals surface area (Å²) in [5.41, 5.74) is 4.06. The quantitative estimate of drug-likeness (QED) is 0.940. The number of nitrogens with zero attached hydrogens (tertiary/aromatic N) is 2. The van der Waals surface area contributed by atoms with Crippen molar-refractivity contribution >= 4 is 5.97 Å². The Labute approximate surface area is 124 Å². The first-order valence-corrected chi connectivity index (χ1v) is 7.11. The van der Waals surface area contributed by atoms with Crippen molar-refractivity contribution in [2.24, 2.45) is 0 Å². The van der Waals surface area contributed by atoms with E-state index in [0.29, 0.717) is 6.54 Å². The number of carboxylic acids is 1. The third-order valence-electron chi connectivity index (χ3n) is 3.95. The zero-order chi connectivity index (χ0) is 14.8. The molecule has 108 valence electrons. The lowest BCUT2D eigenvalue weighted by molar-refractivity contribution is -0.144. The molecule has 4 nitrogen and oxygen atoms in total. The second-order valence-corrected chi connectivity index (χ2v) is 5.49. The highest BCUT2D eigenvalue weighted by atomic mass is 16.4. The summed E-state index contributed by atoms with van der Waals surface area (Å²) in [4.78, 5) is 18.1. The van der Waals surface area contributed by atoms with Crippen LogP contribution in [0.2, 0.25) is 0 Å². The van der Waals surface area contributed by atoms with Crippen LogP contribution in [-0.2, 0) is 17.8 Å². The average molecular weight is 282 g/mol. The Balaban J connectivity index is 1.88. The summed E-state index contributed by atoms with van der Waals surface area (Å²) in [6.45, 7) is 3.29. The van der Waals surface area contributed by atoms with E-state index in [1.54, 1.807) is 0 Å². The van der Waals surface area contributed by atoms with Crippen molar-refractivity contribution in [1.82, 2.24) is 9.88 Å². The van der Waals surface area contributed by atoms with Crippen LogP contribution in [0.5, 0.6) is 0 Å². The van der Waals surface area contributed by atoms with E-state index in [9.17, 15) is 9.90 Å². The number of aryl methyl sites for hydroxylation is 1. The fourth-order valence-electron chi connectivity index (χ4n) is 2.88. The summed E-state index contributed by atoms with van der Waals surface area (Å²) >= 11 is 0. The van der Waals surface area contributed by atoms with Crippen LogP contribution in [0.15, 0.2) is 42.6 Å². The predicted molar refractivity (Wildman–Crippen MR) is 79.9 cm³/mol. The minimum atomic E-state index is -0.797. The Morgan fingerprint density at radius 3 is 2.86 bits per heavy atom. The van der Waals surface area contributed by atoms with E-state index in [2.05, 4.69) is 4.98 Å². The van der Waals surface area contributed by atoms with Crippen LogP contribution in [0, 0.1) is 6.92 Å². The number of carbonyl (C=O) groups is 1. The second-order valence-electron chi connectivity index (χ2n) is 5.49. The number of aromatic nitrogens is 1. The highest BCUT2D eigenvalue weighted by Gasteiger charge is 2.32. The number of fused-ring (bicyclic) bond motifs is 1. The van der Waals surface area contributed by atoms with Gasteiger partial charge >= 0.3 is 5.97 Å². The summed E-state index contributed by atoms with van der Waals surface area (Å²) in [5.74, 6) is -0.797. The Hall–Kier alpha value is -2.20. The van der Waals surface area contributed by atoms with Crippen LogP contribution in [0.3, 0.4) is 0 Å². The van der Waals surface area contributed by atoms with Gasteiger partial charge in [0.2, 0.25) is 0 Å². The molecule has 2 heterocycles. The van der Waals surface area contributed by atoms with Gasteiger partial charge in [-0.05, 0) is 36.1 Å². The molecular weight excluding hydrogens is 264 g/mol. The molecule has 1 aromatic carbocycles. The molecule has 0 saturated carbocycles. The first kappa shape index (κ1) is 13.8. The van der Waals surface area contributed by atoms with E-state index >= 15 is 0 Å². The number of benzene rings is 1. The van der Waals surface area contributed by atoms with Gasteiger partial charge in [0.25, 0.3) is 0 Å². The van der Waals surface area contributed by atoms with Crippen LogP contribution < -0.4 is 0 Å². The number of hydrogen-bond acceptors (Lipinski definition) is 3. The van der Waals surface area contributed by atoms with Gasteiger partial charge < -0.3 is 5.11 Å². The van der Waals surface area contributed by atoms with Crippen molar-refractivity contribution in [3.05, 3.63) is 65.0 Å². The molecule has 2 aromatic rings. The number of carboxylic acid groups (broad SMARTS) is 1. The second kappa shape index (κ2) is 5.66. The Morgan fingerprint density at radius 2 is 2.14 bits per heavy atom. The van der Waals surface area contributed by atoms with Crippen LogP contribution in [0.25, 0.3) is 0 Å². The zero-order valence-corrected chi connectivity index (χ0v) is 12.0. The third kappa shape index (κ3) is 2.81. The van der Waals surface area contributed by atoms with Gasteiger partial charge in [-0.15, -0.1) is 0 Å². The zero-order valence-electron chi connectivity index (χ0n) is 12.0. The van der Waals surface area contributed by atoms with Crippen molar-refractivity contribution in [2.75, 3.05) is 6.54 Å². The van der Waals surface area contributed by atoms with Crippen LogP contribution in [0.4, 0.5) is 0 Å². The van der Waals surface area contributed by atoms with E-state index in [4.69, 9.17) is 0 Å². The van der Waals surface area contributed by atoms with Gasteiger partial charge in [-0.3, -0.25) is 14.7 Å². The molecule has 1 aliphatic rings. The summed E-state index contributed by atoms with van der Waals surface area (Å²) < 4.78 is 0. The summed E-state index contributed by atoms with van der Waals surface area (Å²) in [6.07, 6.45) is 2.70. The predicted octanol–water partition coefficient (Wildman–Crippen LogP) is 2.57. The molecule has 0 fully saturated rings. The highest BCUT2D eigenvalue weighted by molar-refractivity contribution is 5.76. The number of rotatable bonds is 3. The van der Waals surface area contributed by atoms with E-state index in [1.165, 1.54) is 0 Å². The highest BCUT2D eigenvalue weighted by Crippen LogP contribution is 2.30. The van der Waals surface area contributed by atoms with Gasteiger partial charge in [0, 0.05) is 19.3 Å². The molecule has 1 aromatic heterocycles. The van der Waals surface area contributed by atoms with Crippen LogP contribution in [0.1, 0.15) is 28.4 Å². The minimum absolute atomic E-state index is 0.561. The molecular formula is C17H18N2O2. The Morgan fingerprint density at radius 1 is 1.33 bits per heavy atom. The third-order valence-corrected chi connectivity index (χ3v) is 3.95. The summed E-state index contributed by atoms with van der Waals surface area (Å²) in [5, 5.41) is 9.62. The maximum Gasteiger partial charge on any atom is 0.325 e. The maximum absolute atomic E-state index is 11.7. The van der Waals surface area contributed by atoms with Gasteiger partial charge in [-0.2, -0.15) is 0 Å². The average Bonchev–Trinajstić information content (AvgIpc) is 2.49. The van der Waals surface area contributed by atoms with Gasteiger partial charge in [-0.25, -0.2) is 0 Å². The standard InChI is InChI=1S/C17H18N2O2/c1-12-6-7-14(18-10-12)11-19-9-8-13-4-2-3-5-15(13)16(19)17(20)21/h2-7,10,16H,8-9,11H2,1H3,(H,20,21). The lowest BCUT2D eigenvalue weighted by Crippen LogP contribution is -2.39. The smallest absolute Gasteiger partial charge is 0.325 e. The Kier molecular flexibility index (Phi) is 3.71. The molecule has 0 spiro atoms. The fraction of sp³-hybridized carbons (Fsp3) is 0.294. The first-order valence-electron chi connectivity index (χ1n) is 7.11. The molecule has 1 unspecified atom stereocenters. The van der Waals surface area contributed by atoms with Crippen molar-refractivity contribution < 1.29 is 9.90 Å². The van der Waals surface area contributed by atoms with Gasteiger partial charge in [0.1, 0.15) is 6.04 Å². The van der Waals surface area contributed by atoms with Crippen molar-refractivity contribution in [2.45, 2.75) is 25.9 Å². The largest absolute Gasteiger partial charge is 0.480 e. The van der Waals surface area contributed by atoms with Crippen molar-refractivity contribution in [3.8, 4) is 0 Å². The van der Waals surface area contributed by atoms with Gasteiger partial charge in [-0.1, -0.05) is 30.3 Å². The number of hydrogen-bond donors (Lipinski definition) is 1. The number of aliphatic carboxylic acids is 1. The number of pyridine rings is 1. The molecule has 0 saturated heterocycles. The molecule has 1 N–H and O–H groups in total. The molecule has 0 aliphatic carbocycles. The molecule has 21 heavy (non-hydrogen) atoms. The molecule has 0 amide bonds. The molecule has 1 atom stereocenters. The van der Waals surface area contributed by atoms with Crippen LogP contribution >= 0.6 is 0 Å². The molecule has 3 rings (SSSR count). The van der Waals surface area contributed by atoms with Crippen molar-refractivity contribution in [3.63, 3.8) is 0 Å². The normalized spacial score (nSPS) is 18.2. The fourth-order valence-corrected chi connectivity index (χ4v) is 2.88. The topological polar surface area (TPSA) is 53.4 Å². The molecule has 1 aliphatic heterocycles. The van der Waals surface area contributed by atoms with E-state index in [0.717, 1.165) is 35.3 Å². The lowest BCUT2D eigenvalue weighted by atomic mass is 9.92. The van der Waals surface area contributed by atoms with E-state index < -0.39 is 12.0 Å². The van der Waals surface area contributed by atoms with Gasteiger partial charge in [0.05, 0.1) is 5.69 Å². The Bertz CT molecular complexity index is 652. The van der Waals surface area contributed by atoms with Gasteiger partial charge in [0.15, 0.2) is 0 Å².